The quantitative estimate of drug-likeness (QED) is 0.690. The third-order valence-electron chi connectivity index (χ3n) is 3.50. The van der Waals surface area contributed by atoms with E-state index < -0.39 is 0 Å². The minimum Gasteiger partial charge on any atom is -0.306 e. The average Bonchev–Trinajstić information content (AvgIpc) is 2.95. The maximum Gasteiger partial charge on any atom is 0.250 e. The number of nitrogens with one attached hydrogen (secondary N) is 1. The van der Waals surface area contributed by atoms with Gasteiger partial charge < -0.3 is 4.90 Å². The summed E-state index contributed by atoms with van der Waals surface area (Å²) in [5.74, 6) is 0.270. The van der Waals surface area contributed by atoms with Gasteiger partial charge in [-0.05, 0) is 19.2 Å². The van der Waals surface area contributed by atoms with Crippen molar-refractivity contribution in [3.05, 3.63) is 24.3 Å². The highest BCUT2D eigenvalue weighted by Gasteiger charge is 2.12. The number of benzene rings is 1. The molecule has 0 aliphatic carbocycles. The standard InChI is InChI=1S/C15H18N4OS2/c1-19-8-6-11(7-9-19)17-18-14(20)10-21-15-16-12-4-2-3-5-13(12)22-15/h2-5H,6-10H2,1H3,(H,18,20). The number of fused-ring (bicyclic) bond motifs is 1. The fraction of sp³-hybridized carbons (Fsp3) is 0.400. The Morgan fingerprint density at radius 3 is 2.95 bits per heavy atom. The number of para-hydroxylation sites is 1. The van der Waals surface area contributed by atoms with Crippen LogP contribution in [0.1, 0.15) is 12.8 Å². The van der Waals surface area contributed by atoms with Crippen molar-refractivity contribution in [3.63, 3.8) is 0 Å². The summed E-state index contributed by atoms with van der Waals surface area (Å²) in [4.78, 5) is 18.6. The normalized spacial score (nSPS) is 16.0. The summed E-state index contributed by atoms with van der Waals surface area (Å²) in [6, 6.07) is 8.01. The molecular weight excluding hydrogens is 316 g/mol. The van der Waals surface area contributed by atoms with Crippen LogP contribution < -0.4 is 5.43 Å². The molecule has 0 atom stereocenters. The van der Waals surface area contributed by atoms with Gasteiger partial charge >= 0.3 is 0 Å². The number of likely N-dealkylation sites (tertiary alicyclic amines) is 1. The molecule has 0 saturated carbocycles. The van der Waals surface area contributed by atoms with E-state index in [1.807, 2.05) is 24.3 Å². The molecule has 1 amide bonds. The number of piperidine rings is 1. The molecule has 1 aromatic carbocycles. The van der Waals surface area contributed by atoms with Crippen LogP contribution in [-0.2, 0) is 4.79 Å². The van der Waals surface area contributed by atoms with Crippen molar-refractivity contribution in [1.29, 1.82) is 0 Å². The van der Waals surface area contributed by atoms with E-state index >= 15 is 0 Å². The lowest BCUT2D eigenvalue weighted by atomic mass is 10.1. The van der Waals surface area contributed by atoms with E-state index in [4.69, 9.17) is 0 Å². The van der Waals surface area contributed by atoms with Gasteiger partial charge in [-0.25, -0.2) is 10.4 Å². The van der Waals surface area contributed by atoms with Crippen LogP contribution in [0.25, 0.3) is 10.2 Å². The largest absolute Gasteiger partial charge is 0.306 e. The Morgan fingerprint density at radius 1 is 1.41 bits per heavy atom. The second-order valence-electron chi connectivity index (χ2n) is 5.25. The van der Waals surface area contributed by atoms with Crippen molar-refractivity contribution in [2.75, 3.05) is 25.9 Å². The summed E-state index contributed by atoms with van der Waals surface area (Å²) < 4.78 is 2.07. The van der Waals surface area contributed by atoms with Crippen molar-refractivity contribution in [2.45, 2.75) is 17.2 Å². The van der Waals surface area contributed by atoms with Crippen molar-refractivity contribution >= 4 is 44.9 Å². The molecule has 0 bridgehead atoms. The van der Waals surface area contributed by atoms with Crippen LogP contribution in [0.2, 0.25) is 0 Å². The summed E-state index contributed by atoms with van der Waals surface area (Å²) in [6.45, 7) is 2.02. The molecule has 2 aromatic rings. The smallest absolute Gasteiger partial charge is 0.250 e. The first-order valence-electron chi connectivity index (χ1n) is 7.22. The number of hydrogen-bond donors (Lipinski definition) is 1. The predicted molar refractivity (Wildman–Crippen MR) is 92.7 cm³/mol. The second kappa shape index (κ2) is 7.21. The number of nitrogens with zero attached hydrogens (tertiary/aromatic N) is 3. The number of carbonyl (C=O) groups is 1. The lowest BCUT2D eigenvalue weighted by Gasteiger charge is -2.22. The van der Waals surface area contributed by atoms with Gasteiger partial charge in [-0.1, -0.05) is 23.9 Å². The topological polar surface area (TPSA) is 57.6 Å². The third-order valence-corrected chi connectivity index (χ3v) is 5.68. The fourth-order valence-electron chi connectivity index (χ4n) is 2.20. The summed E-state index contributed by atoms with van der Waals surface area (Å²) >= 11 is 3.08. The molecule has 116 valence electrons. The zero-order valence-electron chi connectivity index (χ0n) is 12.4. The summed E-state index contributed by atoms with van der Waals surface area (Å²) in [5, 5.41) is 4.23. The molecule has 5 nitrogen and oxygen atoms in total. The van der Waals surface area contributed by atoms with Crippen molar-refractivity contribution in [1.82, 2.24) is 15.3 Å². The number of rotatable bonds is 4. The van der Waals surface area contributed by atoms with E-state index in [1.165, 1.54) is 11.8 Å². The van der Waals surface area contributed by atoms with Crippen LogP contribution in [0.3, 0.4) is 0 Å². The molecule has 1 N–H and O–H groups in total. The number of carbonyl (C=O) groups excluding carboxylic acids is 1. The Bertz CT molecular complexity index is 655. The molecule has 0 spiro atoms. The van der Waals surface area contributed by atoms with Gasteiger partial charge in [0.25, 0.3) is 5.91 Å². The molecule has 1 aliphatic heterocycles. The molecule has 0 radical (unpaired) electrons. The Labute approximate surface area is 137 Å². The first kappa shape index (κ1) is 15.5. The van der Waals surface area contributed by atoms with E-state index in [9.17, 15) is 4.79 Å². The summed E-state index contributed by atoms with van der Waals surface area (Å²) in [5.41, 5.74) is 4.73. The molecule has 1 saturated heterocycles. The fourth-order valence-corrected chi connectivity index (χ4v) is 4.06. The van der Waals surface area contributed by atoms with Crippen LogP contribution >= 0.6 is 23.1 Å². The van der Waals surface area contributed by atoms with Crippen LogP contribution in [0, 0.1) is 0 Å². The maximum absolute atomic E-state index is 11.9. The summed E-state index contributed by atoms with van der Waals surface area (Å²) in [7, 11) is 2.10. The Hall–Kier alpha value is -1.44. The molecule has 2 heterocycles. The molecule has 0 unspecified atom stereocenters. The SMILES string of the molecule is CN1CCC(=NNC(=O)CSc2nc3ccccc3s2)CC1. The summed E-state index contributed by atoms with van der Waals surface area (Å²) in [6.07, 6.45) is 1.86. The maximum atomic E-state index is 11.9. The number of thiazole rings is 1. The van der Waals surface area contributed by atoms with Crippen LogP contribution in [-0.4, -0.2) is 47.4 Å². The van der Waals surface area contributed by atoms with Gasteiger partial charge in [-0.2, -0.15) is 5.10 Å². The van der Waals surface area contributed by atoms with Crippen molar-refractivity contribution in [3.8, 4) is 0 Å². The Morgan fingerprint density at radius 2 is 2.18 bits per heavy atom. The highest BCUT2D eigenvalue weighted by atomic mass is 32.2. The predicted octanol–water partition coefficient (Wildman–Crippen LogP) is 2.59. The molecule has 7 heteroatoms. The van der Waals surface area contributed by atoms with Gasteiger partial charge in [0, 0.05) is 31.6 Å². The van der Waals surface area contributed by atoms with Gasteiger partial charge in [0.1, 0.15) is 0 Å². The van der Waals surface area contributed by atoms with Gasteiger partial charge in [0.05, 0.1) is 16.0 Å². The number of hydrogen-bond acceptors (Lipinski definition) is 6. The molecule has 1 fully saturated rings. The Balaban J connectivity index is 1.49. The highest BCUT2D eigenvalue weighted by Crippen LogP contribution is 2.28. The van der Waals surface area contributed by atoms with E-state index in [2.05, 4.69) is 27.5 Å². The molecular formula is C15H18N4OS2. The van der Waals surface area contributed by atoms with Crippen molar-refractivity contribution < 1.29 is 4.79 Å². The molecule has 3 rings (SSSR count). The molecule has 22 heavy (non-hydrogen) atoms. The highest BCUT2D eigenvalue weighted by molar-refractivity contribution is 8.01. The monoisotopic (exact) mass is 334 g/mol. The van der Waals surface area contributed by atoms with Gasteiger partial charge in [0.2, 0.25) is 0 Å². The number of hydrazone groups is 1. The van der Waals surface area contributed by atoms with Crippen molar-refractivity contribution in [2.24, 2.45) is 5.10 Å². The number of aromatic nitrogens is 1. The molecule has 1 aliphatic rings. The van der Waals surface area contributed by atoms with Gasteiger partial charge in [0.15, 0.2) is 4.34 Å². The first-order chi connectivity index (χ1) is 10.7. The zero-order chi connectivity index (χ0) is 15.4. The first-order valence-corrected chi connectivity index (χ1v) is 9.02. The van der Waals surface area contributed by atoms with E-state index in [1.54, 1.807) is 11.3 Å². The van der Waals surface area contributed by atoms with Gasteiger partial charge in [-0.3, -0.25) is 4.79 Å². The van der Waals surface area contributed by atoms with E-state index in [0.29, 0.717) is 5.75 Å². The average molecular weight is 334 g/mol. The lowest BCUT2D eigenvalue weighted by Crippen LogP contribution is -2.32. The van der Waals surface area contributed by atoms with Crippen LogP contribution in [0.5, 0.6) is 0 Å². The zero-order valence-corrected chi connectivity index (χ0v) is 14.0. The number of thioether (sulfide) groups is 1. The number of amides is 1. The van der Waals surface area contributed by atoms with E-state index in [-0.39, 0.29) is 5.91 Å². The van der Waals surface area contributed by atoms with Gasteiger partial charge in [-0.15, -0.1) is 11.3 Å². The van der Waals surface area contributed by atoms with E-state index in [0.717, 1.165) is 46.2 Å². The van der Waals surface area contributed by atoms with Crippen LogP contribution in [0.4, 0.5) is 0 Å². The minimum atomic E-state index is -0.0734. The third kappa shape index (κ3) is 4.06. The minimum absolute atomic E-state index is 0.0734. The second-order valence-corrected chi connectivity index (χ2v) is 7.51. The van der Waals surface area contributed by atoms with Crippen LogP contribution in [0.15, 0.2) is 33.7 Å². The Kier molecular flexibility index (Phi) is 5.07. The lowest BCUT2D eigenvalue weighted by molar-refractivity contribution is -0.118. The molecule has 1 aromatic heterocycles.